The number of anilines is 2. The molecule has 1 N–H and O–H groups in total. The van der Waals surface area contributed by atoms with Crippen molar-refractivity contribution >= 4 is 17.3 Å². The van der Waals surface area contributed by atoms with Crippen LogP contribution in [0, 0.1) is 0 Å². The molecule has 0 saturated carbocycles. The fraction of sp³-hybridized carbons (Fsp3) is 0.238. The van der Waals surface area contributed by atoms with Crippen molar-refractivity contribution in [3.63, 3.8) is 0 Å². The molecule has 3 rings (SSSR count). The maximum Gasteiger partial charge on any atom is 0.228 e. The van der Waals surface area contributed by atoms with Gasteiger partial charge in [-0.2, -0.15) is 5.10 Å². The SMILES string of the molecule is CC(C)N(C)c1cccc(NC(=O)Cc2ccc(-n3cccn3)cc2)c1. The van der Waals surface area contributed by atoms with Crippen molar-refractivity contribution in [2.24, 2.45) is 0 Å². The van der Waals surface area contributed by atoms with E-state index in [9.17, 15) is 4.79 Å². The fourth-order valence-electron chi connectivity index (χ4n) is 2.68. The van der Waals surface area contributed by atoms with Crippen LogP contribution in [0.4, 0.5) is 11.4 Å². The molecule has 134 valence electrons. The Bertz CT molecular complexity index is 854. The number of amides is 1. The van der Waals surface area contributed by atoms with E-state index < -0.39 is 0 Å². The number of aromatic nitrogens is 2. The van der Waals surface area contributed by atoms with Crippen molar-refractivity contribution in [1.82, 2.24) is 9.78 Å². The van der Waals surface area contributed by atoms with Crippen LogP contribution < -0.4 is 10.2 Å². The second-order valence-electron chi connectivity index (χ2n) is 6.60. The number of hydrogen-bond acceptors (Lipinski definition) is 3. The molecule has 0 fully saturated rings. The van der Waals surface area contributed by atoms with Gasteiger partial charge in [0.05, 0.1) is 12.1 Å². The summed E-state index contributed by atoms with van der Waals surface area (Å²) in [5, 5.41) is 7.18. The Labute approximate surface area is 154 Å². The van der Waals surface area contributed by atoms with Gasteiger partial charge in [-0.3, -0.25) is 4.79 Å². The molecule has 0 unspecified atom stereocenters. The van der Waals surface area contributed by atoms with E-state index in [0.717, 1.165) is 22.6 Å². The van der Waals surface area contributed by atoms with Gasteiger partial charge in [-0.15, -0.1) is 0 Å². The lowest BCUT2D eigenvalue weighted by Gasteiger charge is -2.24. The van der Waals surface area contributed by atoms with Crippen LogP contribution in [-0.4, -0.2) is 28.8 Å². The summed E-state index contributed by atoms with van der Waals surface area (Å²) in [4.78, 5) is 14.5. The van der Waals surface area contributed by atoms with E-state index >= 15 is 0 Å². The smallest absolute Gasteiger partial charge is 0.228 e. The molecule has 0 aliphatic heterocycles. The summed E-state index contributed by atoms with van der Waals surface area (Å²) in [6.45, 7) is 4.27. The number of carbonyl (C=O) groups excluding carboxylic acids is 1. The predicted octanol–water partition coefficient (Wildman–Crippen LogP) is 3.90. The molecule has 1 amide bonds. The first-order chi connectivity index (χ1) is 12.5. The topological polar surface area (TPSA) is 50.2 Å². The Kier molecular flexibility index (Phi) is 5.37. The third-order valence-electron chi connectivity index (χ3n) is 4.38. The van der Waals surface area contributed by atoms with E-state index in [1.54, 1.807) is 10.9 Å². The van der Waals surface area contributed by atoms with E-state index in [1.165, 1.54) is 0 Å². The average molecular weight is 348 g/mol. The summed E-state index contributed by atoms with van der Waals surface area (Å²) in [6, 6.07) is 18.0. The van der Waals surface area contributed by atoms with Crippen LogP contribution >= 0.6 is 0 Å². The summed E-state index contributed by atoms with van der Waals surface area (Å²) in [7, 11) is 2.05. The second-order valence-corrected chi connectivity index (χ2v) is 6.60. The molecule has 1 heterocycles. The minimum Gasteiger partial charge on any atom is -0.372 e. The first kappa shape index (κ1) is 17.7. The summed E-state index contributed by atoms with van der Waals surface area (Å²) < 4.78 is 1.79. The van der Waals surface area contributed by atoms with Gasteiger partial charge in [0.25, 0.3) is 0 Å². The Morgan fingerprint density at radius 1 is 1.15 bits per heavy atom. The molecule has 26 heavy (non-hydrogen) atoms. The van der Waals surface area contributed by atoms with Crippen LogP contribution in [0.25, 0.3) is 5.69 Å². The van der Waals surface area contributed by atoms with Gasteiger partial charge in [-0.1, -0.05) is 18.2 Å². The van der Waals surface area contributed by atoms with Gasteiger partial charge < -0.3 is 10.2 Å². The van der Waals surface area contributed by atoms with Crippen LogP contribution in [-0.2, 0) is 11.2 Å². The van der Waals surface area contributed by atoms with Gasteiger partial charge in [0.1, 0.15) is 0 Å². The highest BCUT2D eigenvalue weighted by Gasteiger charge is 2.08. The minimum atomic E-state index is -0.0267. The lowest BCUT2D eigenvalue weighted by molar-refractivity contribution is -0.115. The molecule has 0 aliphatic carbocycles. The monoisotopic (exact) mass is 348 g/mol. The van der Waals surface area contributed by atoms with Crippen LogP contribution in [0.3, 0.4) is 0 Å². The average Bonchev–Trinajstić information content (AvgIpc) is 3.16. The molecule has 0 spiro atoms. The van der Waals surface area contributed by atoms with Gasteiger partial charge in [-0.05, 0) is 55.8 Å². The highest BCUT2D eigenvalue weighted by molar-refractivity contribution is 5.92. The molecule has 0 atom stereocenters. The van der Waals surface area contributed by atoms with Gasteiger partial charge in [-0.25, -0.2) is 4.68 Å². The largest absolute Gasteiger partial charge is 0.372 e. The predicted molar refractivity (Wildman–Crippen MR) is 106 cm³/mol. The number of nitrogens with zero attached hydrogens (tertiary/aromatic N) is 3. The Balaban J connectivity index is 1.63. The Hall–Kier alpha value is -3.08. The van der Waals surface area contributed by atoms with Crippen LogP contribution in [0.5, 0.6) is 0 Å². The van der Waals surface area contributed by atoms with E-state index in [-0.39, 0.29) is 5.91 Å². The van der Waals surface area contributed by atoms with Crippen LogP contribution in [0.2, 0.25) is 0 Å². The molecular formula is C21H24N4O. The summed E-state index contributed by atoms with van der Waals surface area (Å²) in [6.07, 6.45) is 3.97. The van der Waals surface area contributed by atoms with E-state index in [4.69, 9.17) is 0 Å². The number of carbonyl (C=O) groups is 1. The molecule has 0 saturated heterocycles. The third-order valence-corrected chi connectivity index (χ3v) is 4.38. The summed E-state index contributed by atoms with van der Waals surface area (Å²) in [5.74, 6) is -0.0267. The van der Waals surface area contributed by atoms with Crippen molar-refractivity contribution < 1.29 is 4.79 Å². The molecule has 0 radical (unpaired) electrons. The lowest BCUT2D eigenvalue weighted by atomic mass is 10.1. The first-order valence-electron chi connectivity index (χ1n) is 8.74. The highest BCUT2D eigenvalue weighted by Crippen LogP contribution is 2.20. The highest BCUT2D eigenvalue weighted by atomic mass is 16.1. The first-order valence-corrected chi connectivity index (χ1v) is 8.74. The third kappa shape index (κ3) is 4.30. The maximum atomic E-state index is 12.4. The molecule has 2 aromatic carbocycles. The fourth-order valence-corrected chi connectivity index (χ4v) is 2.68. The minimum absolute atomic E-state index is 0.0267. The normalized spacial score (nSPS) is 10.8. The maximum absolute atomic E-state index is 12.4. The van der Waals surface area contributed by atoms with Gasteiger partial charge in [0.15, 0.2) is 0 Å². The van der Waals surface area contributed by atoms with E-state index in [2.05, 4.69) is 29.2 Å². The van der Waals surface area contributed by atoms with Gasteiger partial charge >= 0.3 is 0 Å². The Morgan fingerprint density at radius 3 is 2.58 bits per heavy atom. The quantitative estimate of drug-likeness (QED) is 0.735. The number of nitrogens with one attached hydrogen (secondary N) is 1. The van der Waals surface area contributed by atoms with Gasteiger partial charge in [0.2, 0.25) is 5.91 Å². The number of benzene rings is 2. The molecule has 0 bridgehead atoms. The molecule has 0 aliphatic rings. The molecule has 1 aromatic heterocycles. The molecule has 3 aromatic rings. The lowest BCUT2D eigenvalue weighted by Crippen LogP contribution is -2.25. The zero-order valence-electron chi connectivity index (χ0n) is 15.4. The van der Waals surface area contributed by atoms with Crippen molar-refractivity contribution in [2.75, 3.05) is 17.3 Å². The standard InChI is InChI=1S/C21H24N4O/c1-16(2)24(3)20-7-4-6-18(15-20)23-21(26)14-17-8-10-19(11-9-17)25-13-5-12-22-25/h4-13,15-16H,14H2,1-3H3,(H,23,26). The van der Waals surface area contributed by atoms with Crippen LogP contribution in [0.15, 0.2) is 67.0 Å². The van der Waals surface area contributed by atoms with Crippen molar-refractivity contribution in [1.29, 1.82) is 0 Å². The second kappa shape index (κ2) is 7.87. The van der Waals surface area contributed by atoms with Gasteiger partial charge in [0, 0.05) is 36.9 Å². The zero-order valence-corrected chi connectivity index (χ0v) is 15.4. The molecule has 5 nitrogen and oxygen atoms in total. The van der Waals surface area contributed by atoms with Crippen molar-refractivity contribution in [2.45, 2.75) is 26.3 Å². The zero-order chi connectivity index (χ0) is 18.5. The van der Waals surface area contributed by atoms with E-state index in [0.29, 0.717) is 12.5 Å². The summed E-state index contributed by atoms with van der Waals surface area (Å²) in [5.41, 5.74) is 3.84. The van der Waals surface area contributed by atoms with Crippen molar-refractivity contribution in [3.8, 4) is 5.69 Å². The van der Waals surface area contributed by atoms with E-state index in [1.807, 2.05) is 67.8 Å². The van der Waals surface area contributed by atoms with Crippen molar-refractivity contribution in [3.05, 3.63) is 72.6 Å². The number of hydrogen-bond donors (Lipinski definition) is 1. The Morgan fingerprint density at radius 2 is 1.92 bits per heavy atom. The molecule has 5 heteroatoms. The van der Waals surface area contributed by atoms with Crippen LogP contribution in [0.1, 0.15) is 19.4 Å². The summed E-state index contributed by atoms with van der Waals surface area (Å²) >= 11 is 0. The molecular weight excluding hydrogens is 324 g/mol. The number of rotatable bonds is 6.